The molecule has 2 rings (SSSR count). The van der Waals surface area contributed by atoms with Crippen LogP contribution in [0.5, 0.6) is 0 Å². The van der Waals surface area contributed by atoms with E-state index in [0.29, 0.717) is 28.9 Å². The van der Waals surface area contributed by atoms with Crippen molar-refractivity contribution in [3.8, 4) is 0 Å². The number of hydrogen-bond donors (Lipinski definition) is 1. The Labute approximate surface area is 113 Å². The van der Waals surface area contributed by atoms with Crippen LogP contribution in [0.25, 0.3) is 0 Å². The predicted octanol–water partition coefficient (Wildman–Crippen LogP) is 2.12. The summed E-state index contributed by atoms with van der Waals surface area (Å²) >= 11 is 5.82. The van der Waals surface area contributed by atoms with Gasteiger partial charge in [0.05, 0.1) is 5.69 Å². The Kier molecular flexibility index (Phi) is 4.35. The maximum absolute atomic E-state index is 5.82. The minimum Gasteiger partial charge on any atom is -0.349 e. The number of aryl methyl sites for hydroxylation is 1. The van der Waals surface area contributed by atoms with E-state index in [1.165, 1.54) is 13.0 Å². The minimum atomic E-state index is 0.369. The van der Waals surface area contributed by atoms with Crippen molar-refractivity contribution in [3.05, 3.63) is 10.8 Å². The Morgan fingerprint density at radius 2 is 2.17 bits per heavy atom. The molecule has 18 heavy (non-hydrogen) atoms. The molecule has 0 bridgehead atoms. The number of aromatic nitrogens is 3. The molecule has 0 radical (unpaired) electrons. The first-order valence-electron chi connectivity index (χ1n) is 6.43. The van der Waals surface area contributed by atoms with E-state index in [1.54, 1.807) is 0 Å². The zero-order valence-corrected chi connectivity index (χ0v) is 11.9. The summed E-state index contributed by atoms with van der Waals surface area (Å²) in [5.74, 6) is 0.576. The van der Waals surface area contributed by atoms with Crippen molar-refractivity contribution in [2.24, 2.45) is 0 Å². The molecule has 0 unspecified atom stereocenters. The van der Waals surface area contributed by atoms with E-state index in [0.717, 1.165) is 13.0 Å². The van der Waals surface area contributed by atoms with Gasteiger partial charge in [-0.05, 0) is 40.2 Å². The molecule has 6 heteroatoms. The Hall–Kier alpha value is -0.940. The molecule has 1 atom stereocenters. The third-order valence-corrected chi connectivity index (χ3v) is 3.67. The standard InChI is InChI=1S/C12H20ClN5/c1-8(2)18-6-4-5-10(7-18)15-12-14-9(3)11(13)16-17-12/h8,10H,4-7H2,1-3H3,(H,14,15,17)/t10-/m1/s1. The van der Waals surface area contributed by atoms with Crippen LogP contribution in [0.15, 0.2) is 0 Å². The van der Waals surface area contributed by atoms with Gasteiger partial charge < -0.3 is 5.32 Å². The Morgan fingerprint density at radius 1 is 1.39 bits per heavy atom. The van der Waals surface area contributed by atoms with Gasteiger partial charge >= 0.3 is 0 Å². The Bertz CT molecular complexity index is 409. The van der Waals surface area contributed by atoms with E-state index >= 15 is 0 Å². The summed E-state index contributed by atoms with van der Waals surface area (Å²) in [6.07, 6.45) is 2.35. The summed E-state index contributed by atoms with van der Waals surface area (Å²) in [6.45, 7) is 8.50. The van der Waals surface area contributed by atoms with Crippen LogP contribution >= 0.6 is 11.6 Å². The SMILES string of the molecule is Cc1nc(N[C@@H]2CCCN(C(C)C)C2)nnc1Cl. The highest BCUT2D eigenvalue weighted by Crippen LogP contribution is 2.16. The fourth-order valence-corrected chi connectivity index (χ4v) is 2.31. The van der Waals surface area contributed by atoms with Crippen LogP contribution in [-0.2, 0) is 0 Å². The molecule has 0 amide bonds. The Balaban J connectivity index is 1.98. The average Bonchev–Trinajstić information content (AvgIpc) is 2.34. The highest BCUT2D eigenvalue weighted by atomic mass is 35.5. The maximum atomic E-state index is 5.82. The minimum absolute atomic E-state index is 0.369. The molecule has 1 fully saturated rings. The molecular formula is C12H20ClN5. The van der Waals surface area contributed by atoms with Crippen LogP contribution in [0.4, 0.5) is 5.95 Å². The second-order valence-corrected chi connectivity index (χ2v) is 5.44. The van der Waals surface area contributed by atoms with Crippen molar-refractivity contribution in [3.63, 3.8) is 0 Å². The summed E-state index contributed by atoms with van der Waals surface area (Å²) in [5, 5.41) is 11.6. The van der Waals surface area contributed by atoms with Crippen molar-refractivity contribution in [1.29, 1.82) is 0 Å². The van der Waals surface area contributed by atoms with Gasteiger partial charge in [-0.25, -0.2) is 4.98 Å². The van der Waals surface area contributed by atoms with Crippen molar-refractivity contribution in [1.82, 2.24) is 20.1 Å². The van der Waals surface area contributed by atoms with E-state index in [4.69, 9.17) is 11.6 Å². The lowest BCUT2D eigenvalue weighted by molar-refractivity contribution is 0.174. The highest BCUT2D eigenvalue weighted by molar-refractivity contribution is 6.29. The lowest BCUT2D eigenvalue weighted by Crippen LogP contribution is -2.45. The van der Waals surface area contributed by atoms with Crippen molar-refractivity contribution >= 4 is 17.5 Å². The predicted molar refractivity (Wildman–Crippen MR) is 72.9 cm³/mol. The summed E-state index contributed by atoms with van der Waals surface area (Å²) in [6, 6.07) is 0.976. The van der Waals surface area contributed by atoms with Crippen LogP contribution < -0.4 is 5.32 Å². The van der Waals surface area contributed by atoms with Gasteiger partial charge in [0, 0.05) is 18.6 Å². The topological polar surface area (TPSA) is 53.9 Å². The molecule has 0 spiro atoms. The molecule has 1 aliphatic heterocycles. The smallest absolute Gasteiger partial charge is 0.243 e. The number of hydrogen-bond acceptors (Lipinski definition) is 5. The molecular weight excluding hydrogens is 250 g/mol. The van der Waals surface area contributed by atoms with Gasteiger partial charge in [0.15, 0.2) is 5.15 Å². The quantitative estimate of drug-likeness (QED) is 0.911. The summed E-state index contributed by atoms with van der Waals surface area (Å²) in [7, 11) is 0. The number of piperidine rings is 1. The van der Waals surface area contributed by atoms with Crippen molar-refractivity contribution in [2.75, 3.05) is 18.4 Å². The molecule has 1 aromatic rings. The van der Waals surface area contributed by atoms with Crippen LogP contribution in [0.2, 0.25) is 5.15 Å². The molecule has 2 heterocycles. The summed E-state index contributed by atoms with van der Waals surface area (Å²) in [4.78, 5) is 6.77. The van der Waals surface area contributed by atoms with Gasteiger partial charge in [0.25, 0.3) is 0 Å². The first kappa shape index (κ1) is 13.5. The molecule has 0 saturated carbocycles. The molecule has 1 aliphatic rings. The van der Waals surface area contributed by atoms with E-state index < -0.39 is 0 Å². The number of nitrogens with one attached hydrogen (secondary N) is 1. The zero-order chi connectivity index (χ0) is 13.1. The number of likely N-dealkylation sites (tertiary alicyclic amines) is 1. The fraction of sp³-hybridized carbons (Fsp3) is 0.750. The van der Waals surface area contributed by atoms with E-state index in [1.807, 2.05) is 6.92 Å². The second-order valence-electron chi connectivity index (χ2n) is 5.08. The summed E-state index contributed by atoms with van der Waals surface area (Å²) < 4.78 is 0. The molecule has 5 nitrogen and oxygen atoms in total. The largest absolute Gasteiger partial charge is 0.349 e. The van der Waals surface area contributed by atoms with Crippen LogP contribution in [-0.4, -0.2) is 45.3 Å². The lowest BCUT2D eigenvalue weighted by Gasteiger charge is -2.35. The first-order chi connectivity index (χ1) is 8.56. The fourth-order valence-electron chi connectivity index (χ4n) is 2.23. The van der Waals surface area contributed by atoms with Crippen LogP contribution in [0.3, 0.4) is 0 Å². The van der Waals surface area contributed by atoms with Gasteiger partial charge in [0.1, 0.15) is 0 Å². The van der Waals surface area contributed by atoms with Gasteiger partial charge in [0.2, 0.25) is 5.95 Å². The molecule has 0 aromatic carbocycles. The van der Waals surface area contributed by atoms with Gasteiger partial charge in [-0.2, -0.15) is 0 Å². The highest BCUT2D eigenvalue weighted by Gasteiger charge is 2.22. The normalized spacial score (nSPS) is 21.3. The van der Waals surface area contributed by atoms with Crippen LogP contribution in [0, 0.1) is 6.92 Å². The number of halogens is 1. The molecule has 100 valence electrons. The van der Waals surface area contributed by atoms with Crippen LogP contribution in [0.1, 0.15) is 32.4 Å². The average molecular weight is 270 g/mol. The first-order valence-corrected chi connectivity index (χ1v) is 6.81. The van der Waals surface area contributed by atoms with Crippen molar-refractivity contribution < 1.29 is 0 Å². The third kappa shape index (κ3) is 3.29. The summed E-state index contributed by atoms with van der Waals surface area (Å²) in [5.41, 5.74) is 0.714. The second kappa shape index (κ2) is 5.80. The third-order valence-electron chi connectivity index (χ3n) is 3.32. The van der Waals surface area contributed by atoms with Crippen molar-refractivity contribution in [2.45, 2.75) is 45.7 Å². The lowest BCUT2D eigenvalue weighted by atomic mass is 10.0. The maximum Gasteiger partial charge on any atom is 0.243 e. The molecule has 0 aliphatic carbocycles. The molecule has 1 aromatic heterocycles. The molecule has 1 N–H and O–H groups in total. The van der Waals surface area contributed by atoms with E-state index in [2.05, 4.69) is 39.2 Å². The van der Waals surface area contributed by atoms with E-state index in [-0.39, 0.29) is 0 Å². The van der Waals surface area contributed by atoms with E-state index in [9.17, 15) is 0 Å². The van der Waals surface area contributed by atoms with Gasteiger partial charge in [-0.3, -0.25) is 4.90 Å². The monoisotopic (exact) mass is 269 g/mol. The van der Waals surface area contributed by atoms with Gasteiger partial charge in [-0.1, -0.05) is 11.6 Å². The zero-order valence-electron chi connectivity index (χ0n) is 11.1. The number of anilines is 1. The number of rotatable bonds is 3. The van der Waals surface area contributed by atoms with Gasteiger partial charge in [-0.15, -0.1) is 10.2 Å². The molecule has 1 saturated heterocycles. The number of nitrogens with zero attached hydrogens (tertiary/aromatic N) is 4. The Morgan fingerprint density at radius 3 is 2.83 bits per heavy atom.